The number of carbonyl (C=O) groups is 1. The Balaban J connectivity index is 2.12. The lowest BCUT2D eigenvalue weighted by Crippen LogP contribution is -2.36. The SMILES string of the molecule is O=C1OCCOC12OO2. The summed E-state index contributed by atoms with van der Waals surface area (Å²) in [6.45, 7) is 0.596. The molecule has 2 fully saturated rings. The number of hydrogen-bond acceptors (Lipinski definition) is 5. The van der Waals surface area contributed by atoms with Crippen molar-refractivity contribution in [3.05, 3.63) is 0 Å². The van der Waals surface area contributed by atoms with Gasteiger partial charge < -0.3 is 9.47 Å². The Morgan fingerprint density at radius 1 is 1.33 bits per heavy atom. The third-order valence-corrected chi connectivity index (χ3v) is 1.09. The normalized spacial score (nSPS) is 30.0. The Hall–Kier alpha value is -0.650. The van der Waals surface area contributed by atoms with Gasteiger partial charge in [0.1, 0.15) is 6.61 Å². The summed E-state index contributed by atoms with van der Waals surface area (Å²) in [7, 11) is 0. The highest BCUT2D eigenvalue weighted by molar-refractivity contribution is 5.77. The molecule has 0 radical (unpaired) electrons. The predicted octanol–water partition coefficient (Wildman–Crippen LogP) is -0.825. The second-order valence-electron chi connectivity index (χ2n) is 1.71. The zero-order valence-corrected chi connectivity index (χ0v) is 4.46. The predicted molar refractivity (Wildman–Crippen MR) is 21.8 cm³/mol. The number of carbonyl (C=O) groups excluding carboxylic acids is 1. The average Bonchev–Trinajstić information content (AvgIpc) is 2.60. The number of hydrogen-bond donors (Lipinski definition) is 0. The molecule has 2 aliphatic heterocycles. The van der Waals surface area contributed by atoms with Gasteiger partial charge in [0.05, 0.1) is 6.61 Å². The molecule has 0 unspecified atom stereocenters. The second-order valence-corrected chi connectivity index (χ2v) is 1.71. The van der Waals surface area contributed by atoms with E-state index in [1.165, 1.54) is 0 Å². The van der Waals surface area contributed by atoms with Gasteiger partial charge in [-0.05, 0) is 0 Å². The zero-order chi connectivity index (χ0) is 6.32. The van der Waals surface area contributed by atoms with Crippen LogP contribution in [0, 0.1) is 0 Å². The molecular weight excluding hydrogens is 128 g/mol. The quantitative estimate of drug-likeness (QED) is 0.244. The molecule has 0 amide bonds. The average molecular weight is 132 g/mol. The fraction of sp³-hybridized carbons (Fsp3) is 0.750. The van der Waals surface area contributed by atoms with E-state index in [1.54, 1.807) is 0 Å². The lowest BCUT2D eigenvalue weighted by atomic mass is 10.5. The third-order valence-electron chi connectivity index (χ3n) is 1.09. The Kier molecular flexibility index (Phi) is 0.825. The Morgan fingerprint density at radius 2 is 2.11 bits per heavy atom. The molecule has 5 heteroatoms. The molecule has 0 saturated carbocycles. The van der Waals surface area contributed by atoms with Crippen LogP contribution in [0.3, 0.4) is 0 Å². The van der Waals surface area contributed by atoms with E-state index in [1.807, 2.05) is 0 Å². The minimum absolute atomic E-state index is 0.271. The van der Waals surface area contributed by atoms with Gasteiger partial charge in [-0.15, -0.1) is 0 Å². The van der Waals surface area contributed by atoms with E-state index < -0.39 is 11.9 Å². The van der Waals surface area contributed by atoms with Crippen molar-refractivity contribution in [1.82, 2.24) is 0 Å². The molecule has 9 heavy (non-hydrogen) atoms. The van der Waals surface area contributed by atoms with Crippen LogP contribution in [0.1, 0.15) is 0 Å². The van der Waals surface area contributed by atoms with Crippen LogP contribution in [-0.2, 0) is 24.0 Å². The summed E-state index contributed by atoms with van der Waals surface area (Å²) in [6, 6.07) is 0. The molecule has 2 aliphatic rings. The van der Waals surface area contributed by atoms with Crippen LogP contribution in [0.25, 0.3) is 0 Å². The highest BCUT2D eigenvalue weighted by atomic mass is 17.5. The van der Waals surface area contributed by atoms with E-state index in [0.29, 0.717) is 6.61 Å². The summed E-state index contributed by atoms with van der Waals surface area (Å²) in [5, 5.41) is 0. The molecule has 0 aromatic rings. The van der Waals surface area contributed by atoms with Crippen molar-refractivity contribution >= 4 is 5.97 Å². The topological polar surface area (TPSA) is 60.6 Å². The van der Waals surface area contributed by atoms with Gasteiger partial charge in [-0.2, -0.15) is 9.78 Å². The van der Waals surface area contributed by atoms with Crippen molar-refractivity contribution in [3.63, 3.8) is 0 Å². The van der Waals surface area contributed by atoms with Crippen molar-refractivity contribution in [1.29, 1.82) is 0 Å². The number of ether oxygens (including phenoxy) is 2. The molecule has 0 aromatic heterocycles. The van der Waals surface area contributed by atoms with E-state index in [-0.39, 0.29) is 6.61 Å². The van der Waals surface area contributed by atoms with Gasteiger partial charge in [-0.3, -0.25) is 0 Å². The summed E-state index contributed by atoms with van der Waals surface area (Å²) in [5.74, 6) is -2.08. The first-order chi connectivity index (χ1) is 4.33. The highest BCUT2D eigenvalue weighted by Crippen LogP contribution is 2.33. The summed E-state index contributed by atoms with van der Waals surface area (Å²) in [4.78, 5) is 19.1. The smallest absolute Gasteiger partial charge is 0.440 e. The molecule has 2 heterocycles. The highest BCUT2D eigenvalue weighted by Gasteiger charge is 2.62. The van der Waals surface area contributed by atoms with Gasteiger partial charge in [-0.25, -0.2) is 4.79 Å². The largest absolute Gasteiger partial charge is 0.457 e. The summed E-state index contributed by atoms with van der Waals surface area (Å²) < 4.78 is 9.31. The van der Waals surface area contributed by atoms with E-state index in [9.17, 15) is 4.79 Å². The Bertz CT molecular complexity index is 149. The van der Waals surface area contributed by atoms with Gasteiger partial charge in [0.25, 0.3) is 0 Å². The molecule has 0 aromatic carbocycles. The molecule has 50 valence electrons. The summed E-state index contributed by atoms with van der Waals surface area (Å²) in [6.07, 6.45) is 0. The summed E-state index contributed by atoms with van der Waals surface area (Å²) >= 11 is 0. The molecule has 5 nitrogen and oxygen atoms in total. The van der Waals surface area contributed by atoms with Crippen molar-refractivity contribution in [2.45, 2.75) is 5.97 Å². The molecule has 0 N–H and O–H groups in total. The first-order valence-corrected chi connectivity index (χ1v) is 2.51. The molecule has 0 aliphatic carbocycles. The van der Waals surface area contributed by atoms with Gasteiger partial charge in [-0.1, -0.05) is 0 Å². The monoisotopic (exact) mass is 132 g/mol. The molecule has 0 bridgehead atoms. The fourth-order valence-electron chi connectivity index (χ4n) is 0.612. The van der Waals surface area contributed by atoms with E-state index in [2.05, 4.69) is 14.5 Å². The van der Waals surface area contributed by atoms with Crippen molar-refractivity contribution in [3.8, 4) is 0 Å². The van der Waals surface area contributed by atoms with Gasteiger partial charge >= 0.3 is 11.9 Å². The van der Waals surface area contributed by atoms with Gasteiger partial charge in [0.15, 0.2) is 0 Å². The van der Waals surface area contributed by atoms with Crippen molar-refractivity contribution in [2.24, 2.45) is 0 Å². The zero-order valence-electron chi connectivity index (χ0n) is 4.46. The first-order valence-electron chi connectivity index (χ1n) is 2.51. The van der Waals surface area contributed by atoms with E-state index in [0.717, 1.165) is 0 Å². The van der Waals surface area contributed by atoms with Crippen LogP contribution in [0.4, 0.5) is 0 Å². The molecule has 2 rings (SSSR count). The minimum Gasteiger partial charge on any atom is -0.457 e. The van der Waals surface area contributed by atoms with E-state index in [4.69, 9.17) is 4.74 Å². The van der Waals surface area contributed by atoms with Crippen LogP contribution in [0.2, 0.25) is 0 Å². The molecule has 0 atom stereocenters. The molecule has 1 spiro atoms. The molecular formula is C4H4O5. The lowest BCUT2D eigenvalue weighted by molar-refractivity contribution is -0.194. The minimum atomic E-state index is -1.47. The van der Waals surface area contributed by atoms with E-state index >= 15 is 0 Å². The third kappa shape index (κ3) is 0.625. The lowest BCUT2D eigenvalue weighted by Gasteiger charge is -2.13. The van der Waals surface area contributed by atoms with Crippen molar-refractivity contribution in [2.75, 3.05) is 13.2 Å². The maximum absolute atomic E-state index is 10.6. The van der Waals surface area contributed by atoms with Crippen LogP contribution >= 0.6 is 0 Å². The number of cyclic esters (lactones) is 1. The van der Waals surface area contributed by atoms with Crippen LogP contribution < -0.4 is 0 Å². The van der Waals surface area contributed by atoms with Crippen LogP contribution in [0.15, 0.2) is 0 Å². The maximum atomic E-state index is 10.6. The Labute approximate surface area is 50.4 Å². The fourth-order valence-corrected chi connectivity index (χ4v) is 0.612. The van der Waals surface area contributed by atoms with Gasteiger partial charge in [0.2, 0.25) is 0 Å². The van der Waals surface area contributed by atoms with Crippen LogP contribution in [-0.4, -0.2) is 25.2 Å². The van der Waals surface area contributed by atoms with Gasteiger partial charge in [0, 0.05) is 0 Å². The number of esters is 1. The number of rotatable bonds is 0. The Morgan fingerprint density at radius 3 is 2.56 bits per heavy atom. The first kappa shape index (κ1) is 5.16. The standard InChI is InChI=1S/C4H4O5/c5-3-4(8-9-4)7-2-1-6-3/h1-2H2. The van der Waals surface area contributed by atoms with Crippen molar-refractivity contribution < 1.29 is 24.0 Å². The second kappa shape index (κ2) is 1.44. The van der Waals surface area contributed by atoms with Crippen LogP contribution in [0.5, 0.6) is 0 Å². The molecule has 2 saturated heterocycles. The maximum Gasteiger partial charge on any atom is 0.440 e. The summed E-state index contributed by atoms with van der Waals surface area (Å²) in [5.41, 5.74) is 0.